The van der Waals surface area contributed by atoms with Crippen LogP contribution in [0, 0.1) is 5.92 Å². The van der Waals surface area contributed by atoms with Crippen LogP contribution in [0.3, 0.4) is 0 Å². The predicted molar refractivity (Wildman–Crippen MR) is 81.9 cm³/mol. The van der Waals surface area contributed by atoms with Crippen LogP contribution < -0.4 is 0 Å². The first-order valence-corrected chi connectivity index (χ1v) is 7.28. The summed E-state index contributed by atoms with van der Waals surface area (Å²) in [5, 5.41) is 1.30. The molecule has 1 aliphatic carbocycles. The summed E-state index contributed by atoms with van der Waals surface area (Å²) in [6.07, 6.45) is 5.22. The summed E-state index contributed by atoms with van der Waals surface area (Å²) in [5.41, 5.74) is 5.05. The zero-order chi connectivity index (χ0) is 14.6. The maximum Gasteiger partial charge on any atom is 0.313 e. The fourth-order valence-corrected chi connectivity index (χ4v) is 3.75. The third-order valence-electron chi connectivity index (χ3n) is 4.77. The van der Waals surface area contributed by atoms with Gasteiger partial charge in [-0.05, 0) is 36.2 Å². The van der Waals surface area contributed by atoms with Crippen molar-refractivity contribution in [3.8, 4) is 0 Å². The summed E-state index contributed by atoms with van der Waals surface area (Å²) in [7, 11) is 3.55. The second-order valence-electron chi connectivity index (χ2n) is 5.95. The number of aromatic amines is 1. The van der Waals surface area contributed by atoms with Gasteiger partial charge in [-0.1, -0.05) is 18.2 Å². The number of carbonyl (C=O) groups excluding carboxylic acids is 1. The fourth-order valence-electron chi connectivity index (χ4n) is 3.75. The second kappa shape index (κ2) is 4.46. The number of H-pyrrole nitrogens is 1. The normalized spacial score (nSPS) is 24.6. The van der Waals surface area contributed by atoms with E-state index in [4.69, 9.17) is 4.74 Å². The van der Waals surface area contributed by atoms with E-state index in [0.29, 0.717) is 6.04 Å². The number of likely N-dealkylation sites (N-methyl/N-ethyl adjacent to an activating group) is 1. The Morgan fingerprint density at radius 1 is 1.43 bits per heavy atom. The van der Waals surface area contributed by atoms with E-state index in [9.17, 15) is 4.79 Å². The molecule has 0 amide bonds. The second-order valence-corrected chi connectivity index (χ2v) is 5.95. The third-order valence-corrected chi connectivity index (χ3v) is 4.77. The summed E-state index contributed by atoms with van der Waals surface area (Å²) in [4.78, 5) is 17.5. The lowest BCUT2D eigenvalue weighted by Gasteiger charge is -2.39. The van der Waals surface area contributed by atoms with Crippen molar-refractivity contribution in [2.24, 2.45) is 5.92 Å². The molecule has 0 spiro atoms. The van der Waals surface area contributed by atoms with Gasteiger partial charge in [0, 0.05) is 29.7 Å². The molecule has 0 radical (unpaired) electrons. The van der Waals surface area contributed by atoms with E-state index >= 15 is 0 Å². The highest BCUT2D eigenvalue weighted by molar-refractivity contribution is 5.99. The maximum absolute atomic E-state index is 11.9. The molecule has 0 saturated carbocycles. The maximum atomic E-state index is 11.9. The molecule has 1 N–H and O–H groups in total. The van der Waals surface area contributed by atoms with Gasteiger partial charge in [-0.15, -0.1) is 0 Å². The molecule has 0 saturated heterocycles. The van der Waals surface area contributed by atoms with Gasteiger partial charge in [0.25, 0.3) is 0 Å². The molecular weight excluding hydrogens is 264 g/mol. The molecule has 2 aromatic rings. The van der Waals surface area contributed by atoms with Crippen molar-refractivity contribution in [1.29, 1.82) is 0 Å². The van der Waals surface area contributed by atoms with Crippen molar-refractivity contribution in [2.75, 3.05) is 20.7 Å². The average Bonchev–Trinajstić information content (AvgIpc) is 2.92. The van der Waals surface area contributed by atoms with Crippen LogP contribution in [-0.4, -0.2) is 42.6 Å². The zero-order valence-corrected chi connectivity index (χ0v) is 12.2. The Labute approximate surface area is 123 Å². The lowest BCUT2D eigenvalue weighted by atomic mass is 9.80. The molecular formula is C17H18N2O2. The molecule has 0 bridgehead atoms. The predicted octanol–water partition coefficient (Wildman–Crippen LogP) is 2.21. The molecule has 1 aromatic carbocycles. The zero-order valence-electron chi connectivity index (χ0n) is 12.2. The van der Waals surface area contributed by atoms with Crippen LogP contribution in [0.2, 0.25) is 0 Å². The molecule has 21 heavy (non-hydrogen) atoms. The summed E-state index contributed by atoms with van der Waals surface area (Å²) < 4.78 is 4.93. The van der Waals surface area contributed by atoms with Gasteiger partial charge >= 0.3 is 5.97 Å². The van der Waals surface area contributed by atoms with E-state index in [2.05, 4.69) is 47.4 Å². The molecule has 1 unspecified atom stereocenters. The van der Waals surface area contributed by atoms with E-state index in [1.54, 1.807) is 0 Å². The van der Waals surface area contributed by atoms with E-state index in [-0.39, 0.29) is 11.9 Å². The monoisotopic (exact) mass is 282 g/mol. The number of rotatable bonds is 1. The average molecular weight is 282 g/mol. The van der Waals surface area contributed by atoms with Gasteiger partial charge in [0.05, 0.1) is 13.0 Å². The summed E-state index contributed by atoms with van der Waals surface area (Å²) in [6.45, 7) is 0.719. The molecule has 108 valence electrons. The van der Waals surface area contributed by atoms with Gasteiger partial charge in [0.2, 0.25) is 0 Å². The standard InChI is InChI=1S/C17H18N2O2/c1-19-9-11(17(20)21-2)6-13-12-4-3-5-14-16(12)10(8-18-14)7-15(13)19/h3-6,8,11,15,18H,7,9H2,1-2H3/t11-,15?/m1/s1. The van der Waals surface area contributed by atoms with Gasteiger partial charge in [0.1, 0.15) is 0 Å². The van der Waals surface area contributed by atoms with Gasteiger partial charge in [-0.25, -0.2) is 0 Å². The Kier molecular flexibility index (Phi) is 2.69. The first kappa shape index (κ1) is 12.7. The lowest BCUT2D eigenvalue weighted by Crippen LogP contribution is -2.44. The van der Waals surface area contributed by atoms with Crippen molar-refractivity contribution in [1.82, 2.24) is 9.88 Å². The fraction of sp³-hybridized carbons (Fsp3) is 0.353. The molecule has 4 rings (SSSR count). The minimum Gasteiger partial charge on any atom is -0.469 e. The minimum atomic E-state index is -0.179. The number of ether oxygens (including phenoxy) is 1. The number of carbonyl (C=O) groups is 1. The Bertz CT molecular complexity index is 759. The molecule has 0 fully saturated rings. The molecule has 1 aliphatic heterocycles. The molecule has 4 heteroatoms. The quantitative estimate of drug-likeness (QED) is 0.816. The summed E-state index contributed by atoms with van der Waals surface area (Å²) in [5.74, 6) is -0.332. The molecule has 2 aliphatic rings. The third kappa shape index (κ3) is 1.75. The van der Waals surface area contributed by atoms with Crippen molar-refractivity contribution in [3.63, 3.8) is 0 Å². The van der Waals surface area contributed by atoms with Crippen LogP contribution >= 0.6 is 0 Å². The van der Waals surface area contributed by atoms with Crippen molar-refractivity contribution in [3.05, 3.63) is 41.6 Å². The number of aromatic nitrogens is 1. The number of benzene rings is 1. The van der Waals surface area contributed by atoms with E-state index in [1.165, 1.54) is 34.7 Å². The highest BCUT2D eigenvalue weighted by Crippen LogP contribution is 2.40. The SMILES string of the molecule is COC(=O)[C@@H]1C=C2c3cccc4[nH]cc(c34)CC2N(C)C1. The molecule has 1 aromatic heterocycles. The number of nitrogens with one attached hydrogen (secondary N) is 1. The highest BCUT2D eigenvalue weighted by Gasteiger charge is 2.35. The van der Waals surface area contributed by atoms with Crippen LogP contribution in [-0.2, 0) is 16.0 Å². The molecule has 2 atom stereocenters. The Morgan fingerprint density at radius 2 is 2.29 bits per heavy atom. The number of hydrogen-bond acceptors (Lipinski definition) is 3. The summed E-state index contributed by atoms with van der Waals surface area (Å²) in [6, 6.07) is 6.68. The molecule has 2 heterocycles. The Morgan fingerprint density at radius 3 is 3.10 bits per heavy atom. The van der Waals surface area contributed by atoms with Gasteiger partial charge in [-0.3, -0.25) is 9.69 Å². The van der Waals surface area contributed by atoms with Crippen LogP contribution in [0.25, 0.3) is 16.5 Å². The van der Waals surface area contributed by atoms with Gasteiger partial charge < -0.3 is 9.72 Å². The lowest BCUT2D eigenvalue weighted by molar-refractivity contribution is -0.144. The van der Waals surface area contributed by atoms with Crippen molar-refractivity contribution < 1.29 is 9.53 Å². The van der Waals surface area contributed by atoms with Gasteiger partial charge in [-0.2, -0.15) is 0 Å². The topological polar surface area (TPSA) is 45.3 Å². The molecule has 4 nitrogen and oxygen atoms in total. The Balaban J connectivity index is 1.91. The number of nitrogens with zero attached hydrogens (tertiary/aromatic N) is 1. The van der Waals surface area contributed by atoms with Crippen LogP contribution in [0.1, 0.15) is 11.1 Å². The Hall–Kier alpha value is -2.07. The smallest absolute Gasteiger partial charge is 0.313 e. The first-order valence-electron chi connectivity index (χ1n) is 7.28. The number of hydrogen-bond donors (Lipinski definition) is 1. The van der Waals surface area contributed by atoms with Crippen LogP contribution in [0.5, 0.6) is 0 Å². The first-order chi connectivity index (χ1) is 10.2. The number of esters is 1. The van der Waals surface area contributed by atoms with E-state index in [0.717, 1.165) is 13.0 Å². The number of methoxy groups -OCH3 is 1. The van der Waals surface area contributed by atoms with Crippen molar-refractivity contribution in [2.45, 2.75) is 12.5 Å². The van der Waals surface area contributed by atoms with Crippen LogP contribution in [0.4, 0.5) is 0 Å². The largest absolute Gasteiger partial charge is 0.469 e. The number of fused-ring (bicyclic) bond motifs is 2. The van der Waals surface area contributed by atoms with E-state index < -0.39 is 0 Å². The van der Waals surface area contributed by atoms with E-state index in [1.807, 2.05) is 0 Å². The summed E-state index contributed by atoms with van der Waals surface area (Å²) >= 11 is 0. The van der Waals surface area contributed by atoms with Crippen molar-refractivity contribution >= 4 is 22.4 Å². The minimum absolute atomic E-state index is 0.153. The highest BCUT2D eigenvalue weighted by atomic mass is 16.5. The van der Waals surface area contributed by atoms with Crippen LogP contribution in [0.15, 0.2) is 30.5 Å². The van der Waals surface area contributed by atoms with Gasteiger partial charge in [0.15, 0.2) is 0 Å².